The summed E-state index contributed by atoms with van der Waals surface area (Å²) >= 11 is 0. The number of ether oxygens (including phenoxy) is 3. The van der Waals surface area contributed by atoms with Crippen molar-refractivity contribution in [1.82, 2.24) is 0 Å². The van der Waals surface area contributed by atoms with Crippen LogP contribution in [-0.2, 0) is 4.74 Å². The van der Waals surface area contributed by atoms with Crippen LogP contribution < -0.4 is 14.4 Å². The van der Waals surface area contributed by atoms with Gasteiger partial charge in [-0.2, -0.15) is 0 Å². The molecule has 0 bridgehead atoms. The van der Waals surface area contributed by atoms with Crippen molar-refractivity contribution in [2.24, 2.45) is 0 Å². The summed E-state index contributed by atoms with van der Waals surface area (Å²) in [4.78, 5) is 13.9. The summed E-state index contributed by atoms with van der Waals surface area (Å²) in [7, 11) is 1.62. The minimum absolute atomic E-state index is 0.460. The number of anilines is 1. The van der Waals surface area contributed by atoms with Gasteiger partial charge in [0.15, 0.2) is 6.23 Å². The van der Waals surface area contributed by atoms with Crippen molar-refractivity contribution in [1.29, 1.82) is 0 Å². The van der Waals surface area contributed by atoms with Gasteiger partial charge in [-0.3, -0.25) is 0 Å². The predicted octanol–water partition coefficient (Wildman–Crippen LogP) is 4.39. The fourth-order valence-corrected chi connectivity index (χ4v) is 2.37. The van der Waals surface area contributed by atoms with Gasteiger partial charge in [-0.25, -0.2) is 4.79 Å². The highest BCUT2D eigenvalue weighted by Gasteiger charge is 2.19. The molecule has 0 saturated carbocycles. The van der Waals surface area contributed by atoms with E-state index in [4.69, 9.17) is 14.2 Å². The van der Waals surface area contributed by atoms with Crippen molar-refractivity contribution in [2.75, 3.05) is 18.6 Å². The Kier molecular flexibility index (Phi) is 6.07. The zero-order valence-corrected chi connectivity index (χ0v) is 14.5. The summed E-state index contributed by atoms with van der Waals surface area (Å²) in [6.07, 6.45) is -1.20. The Balaban J connectivity index is 2.01. The second-order valence-electron chi connectivity index (χ2n) is 5.37. The van der Waals surface area contributed by atoms with Crippen molar-refractivity contribution in [2.45, 2.75) is 27.0 Å². The van der Waals surface area contributed by atoms with Gasteiger partial charge >= 0.3 is 6.16 Å². The lowest BCUT2D eigenvalue weighted by molar-refractivity contribution is 0.0645. The summed E-state index contributed by atoms with van der Waals surface area (Å²) < 4.78 is 15.8. The Labute approximate surface area is 142 Å². The van der Waals surface area contributed by atoms with Crippen molar-refractivity contribution in [3.05, 3.63) is 54.1 Å². The molecule has 0 N–H and O–H groups in total. The van der Waals surface area contributed by atoms with Crippen LogP contribution in [0.5, 0.6) is 11.5 Å². The number of benzene rings is 2. The molecule has 0 amide bonds. The largest absolute Gasteiger partial charge is 0.515 e. The smallest absolute Gasteiger partial charge is 0.497 e. The first-order valence-electron chi connectivity index (χ1n) is 7.89. The third kappa shape index (κ3) is 4.65. The second kappa shape index (κ2) is 8.24. The van der Waals surface area contributed by atoms with E-state index in [1.807, 2.05) is 55.1 Å². The first kappa shape index (κ1) is 17.7. The molecule has 2 rings (SSSR count). The van der Waals surface area contributed by atoms with E-state index in [1.54, 1.807) is 26.2 Å². The summed E-state index contributed by atoms with van der Waals surface area (Å²) in [5.74, 6) is 1.21. The molecule has 2 aromatic rings. The van der Waals surface area contributed by atoms with Crippen molar-refractivity contribution >= 4 is 11.8 Å². The highest BCUT2D eigenvalue weighted by molar-refractivity contribution is 5.64. The van der Waals surface area contributed by atoms with Crippen LogP contribution in [0.25, 0.3) is 0 Å². The van der Waals surface area contributed by atoms with Crippen LogP contribution in [0, 0.1) is 6.92 Å². The molecule has 128 valence electrons. The summed E-state index contributed by atoms with van der Waals surface area (Å²) in [5, 5.41) is 0. The van der Waals surface area contributed by atoms with E-state index < -0.39 is 12.4 Å². The van der Waals surface area contributed by atoms with Gasteiger partial charge in [0.2, 0.25) is 0 Å². The number of rotatable bonds is 6. The van der Waals surface area contributed by atoms with Gasteiger partial charge in [0.05, 0.1) is 7.11 Å². The van der Waals surface area contributed by atoms with Crippen molar-refractivity contribution in [3.63, 3.8) is 0 Å². The Morgan fingerprint density at radius 2 is 1.83 bits per heavy atom. The first-order chi connectivity index (χ1) is 11.5. The topological polar surface area (TPSA) is 48.0 Å². The van der Waals surface area contributed by atoms with Crippen LogP contribution in [0.2, 0.25) is 0 Å². The fraction of sp³-hybridized carbons (Fsp3) is 0.316. The van der Waals surface area contributed by atoms with Gasteiger partial charge < -0.3 is 19.1 Å². The van der Waals surface area contributed by atoms with E-state index in [0.717, 1.165) is 17.0 Å². The third-order valence-corrected chi connectivity index (χ3v) is 3.65. The normalized spacial score (nSPS) is 11.5. The lowest BCUT2D eigenvalue weighted by Crippen LogP contribution is -2.37. The monoisotopic (exact) mass is 329 g/mol. The molecular formula is C19H23NO4. The molecule has 24 heavy (non-hydrogen) atoms. The molecule has 0 aliphatic carbocycles. The van der Waals surface area contributed by atoms with E-state index in [0.29, 0.717) is 12.3 Å². The first-order valence-corrected chi connectivity index (χ1v) is 7.89. The highest BCUT2D eigenvalue weighted by Crippen LogP contribution is 2.23. The maximum absolute atomic E-state index is 12.0. The van der Waals surface area contributed by atoms with Crippen LogP contribution in [0.1, 0.15) is 19.4 Å². The van der Waals surface area contributed by atoms with Gasteiger partial charge in [0, 0.05) is 18.3 Å². The predicted molar refractivity (Wildman–Crippen MR) is 93.8 cm³/mol. The molecule has 5 nitrogen and oxygen atoms in total. The second-order valence-corrected chi connectivity index (χ2v) is 5.37. The van der Waals surface area contributed by atoms with Gasteiger partial charge in [-0.1, -0.05) is 23.8 Å². The molecular weight excluding hydrogens is 306 g/mol. The molecule has 1 unspecified atom stereocenters. The van der Waals surface area contributed by atoms with Crippen molar-refractivity contribution < 1.29 is 19.0 Å². The molecule has 0 radical (unpaired) electrons. The maximum Gasteiger partial charge on any atom is 0.515 e. The van der Waals surface area contributed by atoms with Crippen LogP contribution in [0.4, 0.5) is 10.5 Å². The quantitative estimate of drug-likeness (QED) is 0.447. The Morgan fingerprint density at radius 1 is 1.12 bits per heavy atom. The van der Waals surface area contributed by atoms with Crippen LogP contribution in [0.15, 0.2) is 48.5 Å². The maximum atomic E-state index is 12.0. The molecule has 0 fully saturated rings. The van der Waals surface area contributed by atoms with E-state index in [9.17, 15) is 4.79 Å². The number of carbonyl (C=O) groups excluding carboxylic acids is 1. The zero-order chi connectivity index (χ0) is 17.5. The summed E-state index contributed by atoms with van der Waals surface area (Å²) in [6.45, 7) is 6.44. The fourth-order valence-electron chi connectivity index (χ4n) is 2.37. The number of hydrogen-bond acceptors (Lipinski definition) is 5. The van der Waals surface area contributed by atoms with Gasteiger partial charge in [-0.15, -0.1) is 0 Å². The SMILES string of the molecule is CCN(c1cccc(OC)c1)C(C)OC(=O)Oc1ccc(C)cc1. The molecule has 0 aromatic heterocycles. The van der Waals surface area contributed by atoms with Crippen molar-refractivity contribution in [3.8, 4) is 11.5 Å². The lowest BCUT2D eigenvalue weighted by Gasteiger charge is -2.29. The van der Waals surface area contributed by atoms with E-state index >= 15 is 0 Å². The average molecular weight is 329 g/mol. The molecule has 0 aliphatic heterocycles. The molecule has 0 aliphatic rings. The van der Waals surface area contributed by atoms with Crippen LogP contribution in [0.3, 0.4) is 0 Å². The standard InChI is InChI=1S/C19H23NO4/c1-5-20(16-7-6-8-18(13-16)22-4)15(3)23-19(21)24-17-11-9-14(2)10-12-17/h6-13,15H,5H2,1-4H3. The molecule has 5 heteroatoms. The molecule has 0 heterocycles. The molecule has 1 atom stereocenters. The summed E-state index contributed by atoms with van der Waals surface area (Å²) in [5.41, 5.74) is 2.01. The minimum Gasteiger partial charge on any atom is -0.497 e. The average Bonchev–Trinajstić information content (AvgIpc) is 2.57. The Bertz CT molecular complexity index is 669. The Morgan fingerprint density at radius 3 is 2.46 bits per heavy atom. The zero-order valence-electron chi connectivity index (χ0n) is 14.5. The number of nitrogens with zero attached hydrogens (tertiary/aromatic N) is 1. The van der Waals surface area contributed by atoms with E-state index in [-0.39, 0.29) is 0 Å². The number of methoxy groups -OCH3 is 1. The van der Waals surface area contributed by atoms with Gasteiger partial charge in [-0.05, 0) is 45.0 Å². The Hall–Kier alpha value is -2.69. The van der Waals surface area contributed by atoms with E-state index in [2.05, 4.69) is 0 Å². The van der Waals surface area contributed by atoms with E-state index in [1.165, 1.54) is 0 Å². The third-order valence-electron chi connectivity index (χ3n) is 3.65. The number of carbonyl (C=O) groups is 1. The number of hydrogen-bond donors (Lipinski definition) is 0. The van der Waals surface area contributed by atoms with Crippen LogP contribution in [-0.4, -0.2) is 26.0 Å². The van der Waals surface area contributed by atoms with Gasteiger partial charge in [0.1, 0.15) is 11.5 Å². The molecule has 0 spiro atoms. The number of aryl methyl sites for hydroxylation is 1. The lowest BCUT2D eigenvalue weighted by atomic mass is 10.2. The molecule has 0 saturated heterocycles. The highest BCUT2D eigenvalue weighted by atomic mass is 16.7. The molecule has 2 aromatic carbocycles. The minimum atomic E-state index is -0.729. The van der Waals surface area contributed by atoms with Gasteiger partial charge in [0.25, 0.3) is 0 Å². The van der Waals surface area contributed by atoms with Crippen LogP contribution >= 0.6 is 0 Å². The summed E-state index contributed by atoms with van der Waals surface area (Å²) in [6, 6.07) is 14.8.